The fraction of sp³-hybridized carbons (Fsp3) is 1.00. The zero-order chi connectivity index (χ0) is 9.61. The summed E-state index contributed by atoms with van der Waals surface area (Å²) in [5.74, 6) is 0. The molecule has 0 rings (SSSR count). The van der Waals surface area contributed by atoms with Gasteiger partial charge in [0.25, 0.3) is 0 Å². The number of nitrogens with two attached hydrogens (primary N) is 1. The summed E-state index contributed by atoms with van der Waals surface area (Å²) < 4.78 is 5.41. The minimum Gasteiger partial charge on any atom is -0.389 e. The average molecular weight is 175 g/mol. The third-order valence-electron chi connectivity index (χ3n) is 1.77. The molecular formula is C9H21NO2. The lowest BCUT2D eigenvalue weighted by atomic mass is 9.99. The maximum atomic E-state index is 9.59. The van der Waals surface area contributed by atoms with E-state index in [0.717, 1.165) is 13.0 Å². The first kappa shape index (κ1) is 11.9. The van der Waals surface area contributed by atoms with Crippen molar-refractivity contribution < 1.29 is 9.84 Å². The second-order valence-corrected chi connectivity index (χ2v) is 3.59. The van der Waals surface area contributed by atoms with Crippen LogP contribution in [0.2, 0.25) is 0 Å². The smallest absolute Gasteiger partial charge is 0.0765 e. The van der Waals surface area contributed by atoms with E-state index in [1.54, 1.807) is 6.92 Å². The second-order valence-electron chi connectivity index (χ2n) is 3.59. The monoisotopic (exact) mass is 175 g/mol. The minimum atomic E-state index is -0.785. The standard InChI is InChI=1S/C9H21NO2/c1-4-5-12-8(2)6-9(3,11)7-10/h8,11H,4-7,10H2,1-3H3. The van der Waals surface area contributed by atoms with Gasteiger partial charge in [-0.2, -0.15) is 0 Å². The molecule has 2 atom stereocenters. The molecule has 3 heteroatoms. The Labute approximate surface area is 74.9 Å². The van der Waals surface area contributed by atoms with Gasteiger partial charge in [0.15, 0.2) is 0 Å². The summed E-state index contributed by atoms with van der Waals surface area (Å²) >= 11 is 0. The van der Waals surface area contributed by atoms with Gasteiger partial charge in [0, 0.05) is 19.6 Å². The highest BCUT2D eigenvalue weighted by Crippen LogP contribution is 2.12. The highest BCUT2D eigenvalue weighted by atomic mass is 16.5. The molecule has 0 spiro atoms. The molecule has 0 aliphatic heterocycles. The molecule has 0 radical (unpaired) electrons. The van der Waals surface area contributed by atoms with Crippen LogP contribution < -0.4 is 5.73 Å². The predicted octanol–water partition coefficient (Wildman–Crippen LogP) is 0.901. The van der Waals surface area contributed by atoms with Crippen LogP contribution in [0.4, 0.5) is 0 Å². The summed E-state index contributed by atoms with van der Waals surface area (Å²) in [6.07, 6.45) is 1.70. The van der Waals surface area contributed by atoms with Crippen molar-refractivity contribution in [3.63, 3.8) is 0 Å². The summed E-state index contributed by atoms with van der Waals surface area (Å²) in [4.78, 5) is 0. The molecule has 74 valence electrons. The zero-order valence-electron chi connectivity index (χ0n) is 8.34. The molecule has 0 aliphatic carbocycles. The Morgan fingerprint density at radius 2 is 2.17 bits per heavy atom. The SMILES string of the molecule is CCCOC(C)CC(C)(O)CN. The van der Waals surface area contributed by atoms with Crippen molar-refractivity contribution in [2.45, 2.75) is 45.3 Å². The molecular weight excluding hydrogens is 154 g/mol. The van der Waals surface area contributed by atoms with Gasteiger partial charge in [-0.05, 0) is 20.3 Å². The Kier molecular flexibility index (Phi) is 5.46. The Morgan fingerprint density at radius 3 is 2.58 bits per heavy atom. The van der Waals surface area contributed by atoms with Crippen LogP contribution >= 0.6 is 0 Å². The van der Waals surface area contributed by atoms with Gasteiger partial charge in [0.1, 0.15) is 0 Å². The second kappa shape index (κ2) is 5.51. The molecule has 0 aromatic heterocycles. The molecule has 12 heavy (non-hydrogen) atoms. The van der Waals surface area contributed by atoms with Crippen LogP contribution in [0.25, 0.3) is 0 Å². The van der Waals surface area contributed by atoms with E-state index in [1.807, 2.05) is 6.92 Å². The molecule has 0 saturated heterocycles. The molecule has 0 bridgehead atoms. The van der Waals surface area contributed by atoms with E-state index in [1.165, 1.54) is 0 Å². The normalized spacial score (nSPS) is 18.8. The van der Waals surface area contributed by atoms with Crippen molar-refractivity contribution in [1.29, 1.82) is 0 Å². The van der Waals surface area contributed by atoms with Crippen LogP contribution in [0.5, 0.6) is 0 Å². The van der Waals surface area contributed by atoms with Crippen molar-refractivity contribution in [3.8, 4) is 0 Å². The number of hydrogen-bond donors (Lipinski definition) is 2. The highest BCUT2D eigenvalue weighted by Gasteiger charge is 2.21. The van der Waals surface area contributed by atoms with Crippen LogP contribution in [-0.4, -0.2) is 30.0 Å². The molecule has 0 aromatic rings. The molecule has 0 aromatic carbocycles. The first-order valence-electron chi connectivity index (χ1n) is 4.56. The number of rotatable bonds is 6. The van der Waals surface area contributed by atoms with Gasteiger partial charge in [0.2, 0.25) is 0 Å². The maximum Gasteiger partial charge on any atom is 0.0765 e. The van der Waals surface area contributed by atoms with Crippen molar-refractivity contribution in [2.75, 3.05) is 13.2 Å². The molecule has 3 nitrogen and oxygen atoms in total. The lowest BCUT2D eigenvalue weighted by molar-refractivity contribution is -0.0171. The van der Waals surface area contributed by atoms with Crippen molar-refractivity contribution in [2.24, 2.45) is 5.73 Å². The molecule has 3 N–H and O–H groups in total. The summed E-state index contributed by atoms with van der Waals surface area (Å²) in [5, 5.41) is 9.59. The lowest BCUT2D eigenvalue weighted by Gasteiger charge is -2.24. The average Bonchev–Trinajstić information content (AvgIpc) is 2.00. The van der Waals surface area contributed by atoms with E-state index in [4.69, 9.17) is 10.5 Å². The summed E-state index contributed by atoms with van der Waals surface area (Å²) in [6.45, 7) is 6.79. The Bertz CT molecular complexity index is 115. The lowest BCUT2D eigenvalue weighted by Crippen LogP contribution is -2.37. The van der Waals surface area contributed by atoms with E-state index in [2.05, 4.69) is 6.92 Å². The van der Waals surface area contributed by atoms with Gasteiger partial charge < -0.3 is 15.6 Å². The third kappa shape index (κ3) is 5.52. The predicted molar refractivity (Wildman–Crippen MR) is 50.0 cm³/mol. The van der Waals surface area contributed by atoms with E-state index < -0.39 is 5.60 Å². The fourth-order valence-corrected chi connectivity index (χ4v) is 1.08. The summed E-state index contributed by atoms with van der Waals surface area (Å²) in [5.41, 5.74) is 4.59. The van der Waals surface area contributed by atoms with Gasteiger partial charge in [0.05, 0.1) is 11.7 Å². The van der Waals surface area contributed by atoms with E-state index in [0.29, 0.717) is 6.42 Å². The van der Waals surface area contributed by atoms with Crippen LogP contribution in [-0.2, 0) is 4.74 Å². The quantitative estimate of drug-likeness (QED) is 0.630. The van der Waals surface area contributed by atoms with Crippen LogP contribution in [0, 0.1) is 0 Å². The molecule has 0 heterocycles. The Morgan fingerprint density at radius 1 is 1.58 bits per heavy atom. The molecule has 0 aliphatic rings. The van der Waals surface area contributed by atoms with E-state index in [-0.39, 0.29) is 12.6 Å². The number of aliphatic hydroxyl groups is 1. The van der Waals surface area contributed by atoms with Crippen molar-refractivity contribution in [1.82, 2.24) is 0 Å². The van der Waals surface area contributed by atoms with E-state index >= 15 is 0 Å². The molecule has 0 fully saturated rings. The zero-order valence-corrected chi connectivity index (χ0v) is 8.34. The molecule has 0 amide bonds. The maximum absolute atomic E-state index is 9.59. The Hall–Kier alpha value is -0.120. The molecule has 2 unspecified atom stereocenters. The number of ether oxygens (including phenoxy) is 1. The van der Waals surface area contributed by atoms with Gasteiger partial charge in [-0.25, -0.2) is 0 Å². The minimum absolute atomic E-state index is 0.0866. The Balaban J connectivity index is 3.60. The summed E-state index contributed by atoms with van der Waals surface area (Å²) in [7, 11) is 0. The largest absolute Gasteiger partial charge is 0.389 e. The van der Waals surface area contributed by atoms with Crippen LogP contribution in [0.1, 0.15) is 33.6 Å². The highest BCUT2D eigenvalue weighted by molar-refractivity contribution is 4.76. The van der Waals surface area contributed by atoms with Crippen LogP contribution in [0.15, 0.2) is 0 Å². The van der Waals surface area contributed by atoms with Gasteiger partial charge in [-0.1, -0.05) is 6.92 Å². The van der Waals surface area contributed by atoms with E-state index in [9.17, 15) is 5.11 Å². The van der Waals surface area contributed by atoms with Crippen molar-refractivity contribution in [3.05, 3.63) is 0 Å². The first-order valence-corrected chi connectivity index (χ1v) is 4.56. The summed E-state index contributed by atoms with van der Waals surface area (Å²) in [6, 6.07) is 0. The molecule has 0 saturated carbocycles. The fourth-order valence-electron chi connectivity index (χ4n) is 1.08. The van der Waals surface area contributed by atoms with Gasteiger partial charge in [-0.15, -0.1) is 0 Å². The van der Waals surface area contributed by atoms with Crippen molar-refractivity contribution >= 4 is 0 Å². The van der Waals surface area contributed by atoms with Crippen LogP contribution in [0.3, 0.4) is 0 Å². The first-order chi connectivity index (χ1) is 5.52. The third-order valence-corrected chi connectivity index (χ3v) is 1.77. The van der Waals surface area contributed by atoms with Gasteiger partial charge >= 0.3 is 0 Å². The van der Waals surface area contributed by atoms with Gasteiger partial charge in [-0.3, -0.25) is 0 Å². The number of hydrogen-bond acceptors (Lipinski definition) is 3. The topological polar surface area (TPSA) is 55.5 Å².